The largest absolute Gasteiger partial charge is 0.289 e. The highest BCUT2D eigenvalue weighted by Gasteiger charge is 2.30. The van der Waals surface area contributed by atoms with Crippen molar-refractivity contribution in [3.8, 4) is 0 Å². The lowest BCUT2D eigenvalue weighted by Crippen LogP contribution is -2.29. The number of aliphatic imine (C=N–C) groups is 1. The van der Waals surface area contributed by atoms with Crippen LogP contribution in [-0.2, 0) is 5.41 Å². The number of benzene rings is 2. The van der Waals surface area contributed by atoms with Crippen molar-refractivity contribution in [3.63, 3.8) is 0 Å². The van der Waals surface area contributed by atoms with E-state index >= 15 is 0 Å². The van der Waals surface area contributed by atoms with E-state index in [-0.39, 0.29) is 5.02 Å². The quantitative estimate of drug-likeness (QED) is 0.411. The molecule has 1 unspecified atom stereocenters. The zero-order valence-corrected chi connectivity index (χ0v) is 17.8. The standard InChI is InChI=1S/C24H28ClF2N/c1-6-10-28-22(19-9-8-18(7-2)16(3)11-19)14-24(5,15-26)20-12-17(4)23(27)21(25)13-20/h7-9,11-13H,2,6,10,14-15H2,1,3-5H3. The molecule has 2 rings (SSSR count). The van der Waals surface area contributed by atoms with Crippen LogP contribution in [0.1, 0.15) is 54.5 Å². The van der Waals surface area contributed by atoms with Crippen LogP contribution >= 0.6 is 11.6 Å². The molecule has 1 atom stereocenters. The van der Waals surface area contributed by atoms with Crippen molar-refractivity contribution < 1.29 is 8.78 Å². The zero-order valence-electron chi connectivity index (χ0n) is 17.1. The minimum absolute atomic E-state index is 0.0212. The first-order chi connectivity index (χ1) is 13.3. The van der Waals surface area contributed by atoms with Gasteiger partial charge in [0.05, 0.1) is 11.7 Å². The van der Waals surface area contributed by atoms with E-state index in [1.54, 1.807) is 13.0 Å². The molecule has 0 spiro atoms. The molecule has 0 saturated carbocycles. The molecule has 0 aromatic heterocycles. The lowest BCUT2D eigenvalue weighted by atomic mass is 9.77. The predicted molar refractivity (Wildman–Crippen MR) is 117 cm³/mol. The van der Waals surface area contributed by atoms with Gasteiger partial charge < -0.3 is 0 Å². The molecule has 4 heteroatoms. The summed E-state index contributed by atoms with van der Waals surface area (Å²) in [6.07, 6.45) is 3.12. The van der Waals surface area contributed by atoms with Gasteiger partial charge in [-0.3, -0.25) is 9.38 Å². The first-order valence-electron chi connectivity index (χ1n) is 9.54. The minimum Gasteiger partial charge on any atom is -0.289 e. The molecule has 0 N–H and O–H groups in total. The fourth-order valence-corrected chi connectivity index (χ4v) is 3.52. The number of hydrogen-bond acceptors (Lipinski definition) is 1. The monoisotopic (exact) mass is 403 g/mol. The first kappa shape index (κ1) is 22.3. The fraction of sp³-hybridized carbons (Fsp3) is 0.375. The SMILES string of the molecule is C=Cc1ccc(C(CC(C)(CF)c2cc(C)c(F)c(Cl)c2)=NCCC)cc1C. The minimum atomic E-state index is -0.848. The van der Waals surface area contributed by atoms with E-state index in [1.165, 1.54) is 6.07 Å². The summed E-state index contributed by atoms with van der Waals surface area (Å²) in [6.45, 7) is 11.5. The first-order valence-corrected chi connectivity index (χ1v) is 9.92. The van der Waals surface area contributed by atoms with Crippen LogP contribution in [0.2, 0.25) is 5.02 Å². The smallest absolute Gasteiger partial charge is 0.144 e. The molecule has 0 radical (unpaired) electrons. The molecule has 1 nitrogen and oxygen atoms in total. The van der Waals surface area contributed by atoms with Gasteiger partial charge in [0, 0.05) is 24.1 Å². The van der Waals surface area contributed by atoms with Crippen LogP contribution in [0.25, 0.3) is 6.08 Å². The summed E-state index contributed by atoms with van der Waals surface area (Å²) < 4.78 is 28.2. The topological polar surface area (TPSA) is 12.4 Å². The molecule has 0 bridgehead atoms. The van der Waals surface area contributed by atoms with E-state index in [0.717, 1.165) is 28.8 Å². The molecule has 28 heavy (non-hydrogen) atoms. The number of rotatable bonds is 8. The van der Waals surface area contributed by atoms with Crippen molar-refractivity contribution in [2.45, 2.75) is 46.0 Å². The van der Waals surface area contributed by atoms with Gasteiger partial charge in [0.25, 0.3) is 0 Å². The Kier molecular flexibility index (Phi) is 7.54. The van der Waals surface area contributed by atoms with E-state index in [4.69, 9.17) is 16.6 Å². The average Bonchev–Trinajstić information content (AvgIpc) is 2.68. The summed E-state index contributed by atoms with van der Waals surface area (Å²) >= 11 is 6.04. The van der Waals surface area contributed by atoms with E-state index < -0.39 is 17.9 Å². The van der Waals surface area contributed by atoms with Gasteiger partial charge in [-0.15, -0.1) is 0 Å². The third-order valence-corrected chi connectivity index (χ3v) is 5.38. The highest BCUT2D eigenvalue weighted by atomic mass is 35.5. The lowest BCUT2D eigenvalue weighted by molar-refractivity contribution is 0.335. The van der Waals surface area contributed by atoms with Crippen molar-refractivity contribution in [1.82, 2.24) is 0 Å². The van der Waals surface area contributed by atoms with Gasteiger partial charge in [0.1, 0.15) is 5.82 Å². The van der Waals surface area contributed by atoms with Gasteiger partial charge >= 0.3 is 0 Å². The molecule has 0 aliphatic carbocycles. The average molecular weight is 404 g/mol. The van der Waals surface area contributed by atoms with Crippen molar-refractivity contribution in [2.24, 2.45) is 4.99 Å². The molecule has 0 heterocycles. The maximum atomic E-state index is 14.3. The summed E-state index contributed by atoms with van der Waals surface area (Å²) in [5.41, 5.74) is 4.23. The number of nitrogens with zero attached hydrogens (tertiary/aromatic N) is 1. The summed E-state index contributed by atoms with van der Waals surface area (Å²) in [7, 11) is 0. The maximum Gasteiger partial charge on any atom is 0.144 e. The van der Waals surface area contributed by atoms with Gasteiger partial charge in [0.2, 0.25) is 0 Å². The van der Waals surface area contributed by atoms with E-state index in [2.05, 4.69) is 19.6 Å². The van der Waals surface area contributed by atoms with Gasteiger partial charge in [-0.25, -0.2) is 4.39 Å². The Morgan fingerprint density at radius 3 is 2.46 bits per heavy atom. The fourth-order valence-electron chi connectivity index (χ4n) is 3.25. The molecule has 150 valence electrons. The lowest BCUT2D eigenvalue weighted by Gasteiger charge is -2.29. The predicted octanol–water partition coefficient (Wildman–Crippen LogP) is 7.26. The Labute approximate surface area is 172 Å². The van der Waals surface area contributed by atoms with E-state index in [9.17, 15) is 8.78 Å². The molecule has 2 aromatic rings. The normalized spacial score (nSPS) is 14.0. The van der Waals surface area contributed by atoms with Crippen LogP contribution in [0.5, 0.6) is 0 Å². The van der Waals surface area contributed by atoms with Crippen LogP contribution in [-0.4, -0.2) is 18.9 Å². The Hall–Kier alpha value is -2.00. The van der Waals surface area contributed by atoms with Gasteiger partial charge in [0.15, 0.2) is 0 Å². The number of hydrogen-bond donors (Lipinski definition) is 0. The summed E-state index contributed by atoms with van der Waals surface area (Å²) in [5.74, 6) is -0.456. The molecule has 0 aliphatic heterocycles. The number of alkyl halides is 1. The summed E-state index contributed by atoms with van der Waals surface area (Å²) in [6, 6.07) is 9.29. The molecular formula is C24H28ClF2N. The Balaban J connectivity index is 2.49. The van der Waals surface area contributed by atoms with Crippen LogP contribution in [0.3, 0.4) is 0 Å². The van der Waals surface area contributed by atoms with E-state index in [0.29, 0.717) is 24.1 Å². The van der Waals surface area contributed by atoms with Crippen LogP contribution in [0, 0.1) is 19.7 Å². The van der Waals surface area contributed by atoms with Crippen molar-refractivity contribution in [3.05, 3.63) is 75.6 Å². The van der Waals surface area contributed by atoms with Gasteiger partial charge in [-0.2, -0.15) is 0 Å². The van der Waals surface area contributed by atoms with Crippen molar-refractivity contribution in [1.29, 1.82) is 0 Å². The molecule has 0 saturated heterocycles. The highest BCUT2D eigenvalue weighted by Crippen LogP contribution is 2.34. The Bertz CT molecular complexity index is 865. The second-order valence-electron chi connectivity index (χ2n) is 7.56. The zero-order chi connectivity index (χ0) is 20.9. The van der Waals surface area contributed by atoms with Crippen LogP contribution < -0.4 is 0 Å². The second kappa shape index (κ2) is 9.47. The Morgan fingerprint density at radius 2 is 1.93 bits per heavy atom. The molecule has 2 aromatic carbocycles. The molecular weight excluding hydrogens is 376 g/mol. The van der Waals surface area contributed by atoms with E-state index in [1.807, 2.05) is 32.1 Å². The number of aryl methyl sites for hydroxylation is 2. The van der Waals surface area contributed by atoms with Crippen molar-refractivity contribution >= 4 is 23.4 Å². The van der Waals surface area contributed by atoms with Crippen LogP contribution in [0.15, 0.2) is 41.9 Å². The van der Waals surface area contributed by atoms with Crippen LogP contribution in [0.4, 0.5) is 8.78 Å². The summed E-state index contributed by atoms with van der Waals surface area (Å²) in [4.78, 5) is 4.75. The highest BCUT2D eigenvalue weighted by molar-refractivity contribution is 6.30. The Morgan fingerprint density at radius 1 is 1.21 bits per heavy atom. The maximum absolute atomic E-state index is 14.3. The van der Waals surface area contributed by atoms with Gasteiger partial charge in [-0.05, 0) is 60.2 Å². The summed E-state index contributed by atoms with van der Waals surface area (Å²) in [5, 5.41) is 0.0212. The third-order valence-electron chi connectivity index (χ3n) is 5.11. The number of halogens is 3. The molecule has 0 aliphatic rings. The third kappa shape index (κ3) is 4.88. The molecule has 0 fully saturated rings. The molecule has 0 amide bonds. The van der Waals surface area contributed by atoms with Crippen molar-refractivity contribution in [2.75, 3.05) is 13.2 Å². The van der Waals surface area contributed by atoms with Gasteiger partial charge in [-0.1, -0.05) is 56.3 Å². The second-order valence-corrected chi connectivity index (χ2v) is 7.97.